The number of benzene rings is 2. The molecule has 12 nitrogen and oxygen atoms in total. The number of fused-ring (bicyclic) bond motifs is 4. The number of carbonyl (C=O) groups is 4. The van der Waals surface area contributed by atoms with Gasteiger partial charge in [-0.2, -0.15) is 0 Å². The predicted octanol–water partition coefficient (Wildman–Crippen LogP) is 2.72. The Morgan fingerprint density at radius 3 is 2.59 bits per heavy atom. The Morgan fingerprint density at radius 2 is 1.92 bits per heavy atom. The summed E-state index contributed by atoms with van der Waals surface area (Å²) in [5, 5.41) is 14.2. The average molecular weight is 528 g/mol. The van der Waals surface area contributed by atoms with E-state index in [4.69, 9.17) is 16.3 Å². The number of amides is 5. The number of halogens is 1. The Kier molecular flexibility index (Phi) is 5.98. The molecule has 0 aromatic heterocycles. The van der Waals surface area contributed by atoms with Gasteiger partial charge >= 0.3 is 12.1 Å². The van der Waals surface area contributed by atoms with E-state index in [0.717, 1.165) is 4.90 Å². The topological polar surface area (TPSA) is 142 Å². The molecular weight excluding hydrogens is 506 g/mol. The van der Waals surface area contributed by atoms with Crippen molar-refractivity contribution in [2.45, 2.75) is 19.4 Å². The molecule has 192 valence electrons. The number of barbiturate groups is 1. The number of imide groups is 2. The van der Waals surface area contributed by atoms with Crippen molar-refractivity contribution in [3.05, 3.63) is 63.2 Å². The van der Waals surface area contributed by atoms with Crippen LogP contribution in [0.2, 0.25) is 5.02 Å². The molecule has 3 aliphatic heterocycles. The second-order valence-electron chi connectivity index (χ2n) is 8.95. The number of anilines is 2. The Hall–Kier alpha value is -4.19. The number of nitro groups is 1. The molecule has 2 saturated heterocycles. The molecule has 0 aliphatic carbocycles. The van der Waals surface area contributed by atoms with Gasteiger partial charge < -0.3 is 14.5 Å². The van der Waals surface area contributed by atoms with Crippen molar-refractivity contribution >= 4 is 52.6 Å². The highest BCUT2D eigenvalue weighted by Gasteiger charge is 2.63. The number of urea groups is 1. The molecule has 0 unspecified atom stereocenters. The van der Waals surface area contributed by atoms with Crippen molar-refractivity contribution in [3.8, 4) is 0 Å². The number of hydrogen-bond donors (Lipinski definition) is 1. The number of rotatable bonds is 3. The van der Waals surface area contributed by atoms with Crippen LogP contribution in [-0.4, -0.2) is 66.0 Å². The normalized spacial score (nSPS) is 22.9. The minimum absolute atomic E-state index is 0.0307. The van der Waals surface area contributed by atoms with E-state index in [1.54, 1.807) is 13.0 Å². The minimum atomic E-state index is -1.86. The third kappa shape index (κ3) is 3.84. The van der Waals surface area contributed by atoms with Crippen LogP contribution in [-0.2, 0) is 20.7 Å². The summed E-state index contributed by atoms with van der Waals surface area (Å²) in [6.07, 6.45) is -0.787. The van der Waals surface area contributed by atoms with Crippen LogP contribution in [0.25, 0.3) is 0 Å². The first kappa shape index (κ1) is 24.5. The number of hydrogen-bond acceptors (Lipinski definition) is 8. The van der Waals surface area contributed by atoms with Crippen molar-refractivity contribution in [3.63, 3.8) is 0 Å². The fraction of sp³-hybridized carbons (Fsp3) is 0.333. The lowest BCUT2D eigenvalue weighted by molar-refractivity contribution is -0.384. The Morgan fingerprint density at radius 1 is 1.19 bits per heavy atom. The molecule has 37 heavy (non-hydrogen) atoms. The SMILES string of the molecule is CCOC(=O)N1CCN2c3ccc([N+](=O)[O-])cc3C[C@@]3(C(=O)NC(=O)N(c4ccc(Cl)cc4)C3=O)[C@@H]2C1. The second-order valence-corrected chi connectivity index (χ2v) is 9.39. The van der Waals surface area contributed by atoms with Gasteiger partial charge in [0.05, 0.1) is 23.3 Å². The first-order valence-electron chi connectivity index (χ1n) is 11.6. The number of nitrogens with zero attached hydrogens (tertiary/aromatic N) is 4. The highest BCUT2D eigenvalue weighted by atomic mass is 35.5. The standard InChI is InChI=1S/C24H22ClN5O7/c1-2-37-23(34)27-9-10-28-18-8-7-17(30(35)36)11-14(18)12-24(19(28)13-27)20(31)26-22(33)29(21(24)32)16-5-3-15(25)4-6-16/h3-8,11,19H,2,9-10,12-13H2,1H3,(H,26,31,33)/t19-,24-/m0/s1. The van der Waals surface area contributed by atoms with Crippen LogP contribution in [0.4, 0.5) is 26.7 Å². The second kappa shape index (κ2) is 9.04. The zero-order chi connectivity index (χ0) is 26.5. The lowest BCUT2D eigenvalue weighted by atomic mass is 9.67. The zero-order valence-corrected chi connectivity index (χ0v) is 20.4. The van der Waals surface area contributed by atoms with E-state index in [9.17, 15) is 29.3 Å². The Labute approximate surface area is 215 Å². The molecule has 2 atom stereocenters. The predicted molar refractivity (Wildman–Crippen MR) is 131 cm³/mol. The molecule has 1 N–H and O–H groups in total. The highest BCUT2D eigenvalue weighted by Crippen LogP contribution is 2.47. The fourth-order valence-electron chi connectivity index (χ4n) is 5.33. The maximum absolute atomic E-state index is 14.2. The molecule has 2 aromatic rings. The smallest absolute Gasteiger partial charge is 0.409 e. The molecular formula is C24H22ClN5O7. The Bertz CT molecular complexity index is 1330. The third-order valence-electron chi connectivity index (χ3n) is 7.03. The first-order chi connectivity index (χ1) is 17.7. The van der Waals surface area contributed by atoms with Gasteiger partial charge in [0.1, 0.15) is 0 Å². The van der Waals surface area contributed by atoms with Gasteiger partial charge in [-0.15, -0.1) is 0 Å². The van der Waals surface area contributed by atoms with Gasteiger partial charge in [-0.05, 0) is 42.8 Å². The number of carbonyl (C=O) groups excluding carboxylic acids is 4. The summed E-state index contributed by atoms with van der Waals surface area (Å²) in [4.78, 5) is 68.3. The van der Waals surface area contributed by atoms with E-state index >= 15 is 0 Å². The molecule has 3 aliphatic rings. The minimum Gasteiger partial charge on any atom is -0.450 e. The summed E-state index contributed by atoms with van der Waals surface area (Å²) < 4.78 is 5.15. The van der Waals surface area contributed by atoms with Crippen molar-refractivity contribution in [1.82, 2.24) is 10.2 Å². The quantitative estimate of drug-likeness (QED) is 0.364. The van der Waals surface area contributed by atoms with Crippen molar-refractivity contribution in [1.29, 1.82) is 0 Å². The van der Waals surface area contributed by atoms with E-state index < -0.39 is 40.3 Å². The van der Waals surface area contributed by atoms with Crippen LogP contribution >= 0.6 is 11.6 Å². The maximum Gasteiger partial charge on any atom is 0.409 e. The monoisotopic (exact) mass is 527 g/mol. The molecule has 5 amide bonds. The average Bonchev–Trinajstić information content (AvgIpc) is 2.87. The third-order valence-corrected chi connectivity index (χ3v) is 7.28. The summed E-state index contributed by atoms with van der Waals surface area (Å²) in [7, 11) is 0. The van der Waals surface area contributed by atoms with E-state index in [2.05, 4.69) is 5.32 Å². The molecule has 13 heteroatoms. The number of nitro benzene ring substituents is 1. The zero-order valence-electron chi connectivity index (χ0n) is 19.7. The van der Waals surface area contributed by atoms with E-state index in [1.807, 2.05) is 4.90 Å². The molecule has 2 aromatic carbocycles. The van der Waals surface area contributed by atoms with Crippen LogP contribution in [0.3, 0.4) is 0 Å². The summed E-state index contributed by atoms with van der Waals surface area (Å²) in [6, 6.07) is 8.48. The largest absolute Gasteiger partial charge is 0.450 e. The summed E-state index contributed by atoms with van der Waals surface area (Å²) in [5.41, 5.74) is -0.801. The van der Waals surface area contributed by atoms with Crippen LogP contribution in [0.5, 0.6) is 0 Å². The molecule has 3 heterocycles. The molecule has 5 rings (SSSR count). The van der Waals surface area contributed by atoms with Crippen LogP contribution < -0.4 is 15.1 Å². The number of nitrogens with one attached hydrogen (secondary N) is 1. The summed E-state index contributed by atoms with van der Waals surface area (Å²) >= 11 is 5.98. The van der Waals surface area contributed by atoms with Crippen LogP contribution in [0.15, 0.2) is 42.5 Å². The van der Waals surface area contributed by atoms with Gasteiger partial charge in [-0.25, -0.2) is 14.5 Å². The van der Waals surface area contributed by atoms with Gasteiger partial charge in [0.25, 0.3) is 11.6 Å². The highest BCUT2D eigenvalue weighted by molar-refractivity contribution is 6.32. The fourth-order valence-corrected chi connectivity index (χ4v) is 5.45. The van der Waals surface area contributed by atoms with Gasteiger partial charge in [-0.3, -0.25) is 25.0 Å². The van der Waals surface area contributed by atoms with Gasteiger partial charge in [-0.1, -0.05) is 11.6 Å². The van der Waals surface area contributed by atoms with E-state index in [0.29, 0.717) is 16.3 Å². The molecule has 0 saturated carbocycles. The van der Waals surface area contributed by atoms with Crippen molar-refractivity contribution in [2.24, 2.45) is 5.41 Å². The number of piperazine rings is 1. The van der Waals surface area contributed by atoms with Gasteiger partial charge in [0, 0.05) is 48.9 Å². The van der Waals surface area contributed by atoms with Crippen molar-refractivity contribution < 1.29 is 28.8 Å². The molecule has 0 radical (unpaired) electrons. The van der Waals surface area contributed by atoms with Crippen molar-refractivity contribution in [2.75, 3.05) is 36.0 Å². The lowest BCUT2D eigenvalue weighted by Crippen LogP contribution is -2.75. The van der Waals surface area contributed by atoms with E-state index in [1.165, 1.54) is 41.3 Å². The molecule has 0 bridgehead atoms. The number of ether oxygens (including phenoxy) is 1. The van der Waals surface area contributed by atoms with Crippen LogP contribution in [0, 0.1) is 15.5 Å². The Balaban J connectivity index is 1.65. The molecule has 2 fully saturated rings. The van der Waals surface area contributed by atoms with E-state index in [-0.39, 0.29) is 44.0 Å². The maximum atomic E-state index is 14.2. The van der Waals surface area contributed by atoms with Gasteiger partial charge in [0.2, 0.25) is 5.91 Å². The first-order valence-corrected chi connectivity index (χ1v) is 12.0. The lowest BCUT2D eigenvalue weighted by Gasteiger charge is -2.55. The number of non-ortho nitro benzene ring substituents is 1. The van der Waals surface area contributed by atoms with Crippen LogP contribution in [0.1, 0.15) is 12.5 Å². The summed E-state index contributed by atoms with van der Waals surface area (Å²) in [6.45, 7) is 2.28. The molecule has 1 spiro atoms. The van der Waals surface area contributed by atoms with Gasteiger partial charge in [0.15, 0.2) is 5.41 Å². The summed E-state index contributed by atoms with van der Waals surface area (Å²) in [5.74, 6) is -1.62.